The van der Waals surface area contributed by atoms with E-state index < -0.39 is 0 Å². The van der Waals surface area contributed by atoms with E-state index in [0.29, 0.717) is 12.5 Å². The molecule has 2 aromatic rings. The molecule has 0 aliphatic heterocycles. The fourth-order valence-corrected chi connectivity index (χ4v) is 2.11. The van der Waals surface area contributed by atoms with Crippen molar-refractivity contribution in [2.24, 2.45) is 11.1 Å². The molecule has 108 valence electrons. The van der Waals surface area contributed by atoms with Gasteiger partial charge in [0.2, 0.25) is 5.95 Å². The first-order valence-electron chi connectivity index (χ1n) is 7.10. The maximum Gasteiger partial charge on any atom is 0.245 e. The molecule has 0 radical (unpaired) electrons. The normalized spacial score (nSPS) is 11.8. The minimum absolute atomic E-state index is 0.0319. The summed E-state index contributed by atoms with van der Waals surface area (Å²) in [5.74, 6) is 0.687. The Morgan fingerprint density at radius 3 is 2.50 bits per heavy atom. The van der Waals surface area contributed by atoms with Crippen LogP contribution in [0.3, 0.4) is 0 Å². The average molecular weight is 273 g/mol. The number of hydrogen-bond donors (Lipinski definition) is 1. The second-order valence-electron chi connectivity index (χ2n) is 5.89. The van der Waals surface area contributed by atoms with Crippen LogP contribution < -0.4 is 10.6 Å². The zero-order valence-corrected chi connectivity index (χ0v) is 12.5. The Balaban J connectivity index is 2.31. The monoisotopic (exact) mass is 273 g/mol. The van der Waals surface area contributed by atoms with Gasteiger partial charge in [-0.1, -0.05) is 32.9 Å². The van der Waals surface area contributed by atoms with Gasteiger partial charge in [0.15, 0.2) is 0 Å². The summed E-state index contributed by atoms with van der Waals surface area (Å²) in [6, 6.07) is 7.80. The quantitative estimate of drug-likeness (QED) is 0.874. The molecule has 5 nitrogen and oxygen atoms in total. The highest BCUT2D eigenvalue weighted by Crippen LogP contribution is 2.19. The van der Waals surface area contributed by atoms with Crippen molar-refractivity contribution in [3.05, 3.63) is 24.3 Å². The molecule has 0 amide bonds. The second kappa shape index (κ2) is 6.13. The number of nitrogens with zero attached hydrogens (tertiary/aromatic N) is 4. The van der Waals surface area contributed by atoms with E-state index in [1.54, 1.807) is 0 Å². The van der Waals surface area contributed by atoms with Gasteiger partial charge in [0.25, 0.3) is 0 Å². The highest BCUT2D eigenvalue weighted by atomic mass is 15.3. The van der Waals surface area contributed by atoms with Crippen molar-refractivity contribution in [3.63, 3.8) is 0 Å². The van der Waals surface area contributed by atoms with E-state index in [-0.39, 0.29) is 5.41 Å². The minimum atomic E-state index is 0.0319. The van der Waals surface area contributed by atoms with E-state index in [2.05, 4.69) is 40.9 Å². The van der Waals surface area contributed by atoms with Crippen LogP contribution in [-0.2, 0) is 0 Å². The number of hydrogen-bond acceptors (Lipinski definition) is 5. The molecule has 0 fully saturated rings. The highest BCUT2D eigenvalue weighted by molar-refractivity contribution is 5.74. The van der Waals surface area contributed by atoms with Crippen LogP contribution in [0.25, 0.3) is 11.0 Å². The lowest BCUT2D eigenvalue weighted by Crippen LogP contribution is -2.40. The molecule has 0 bridgehead atoms. The van der Waals surface area contributed by atoms with Crippen molar-refractivity contribution >= 4 is 17.0 Å². The molecular formula is C15H23N5. The lowest BCUT2D eigenvalue weighted by Gasteiger charge is -2.31. The number of aromatic nitrogens is 3. The Morgan fingerprint density at radius 1 is 1.15 bits per heavy atom. The van der Waals surface area contributed by atoms with Crippen LogP contribution in [0.15, 0.2) is 24.3 Å². The van der Waals surface area contributed by atoms with Gasteiger partial charge in [0.05, 0.1) is 5.52 Å². The molecule has 2 N–H and O–H groups in total. The standard InChI is InChI=1S/C15H23N5/c1-4-9-20(11-15(2,3)10-16)14-17-12-7-5-6-8-13(12)18-19-14/h5-8H,4,9-11,16H2,1-3H3. The smallest absolute Gasteiger partial charge is 0.245 e. The highest BCUT2D eigenvalue weighted by Gasteiger charge is 2.22. The summed E-state index contributed by atoms with van der Waals surface area (Å²) < 4.78 is 0. The molecule has 2 rings (SSSR count). The van der Waals surface area contributed by atoms with Gasteiger partial charge < -0.3 is 10.6 Å². The number of rotatable bonds is 6. The van der Waals surface area contributed by atoms with Gasteiger partial charge in [-0.2, -0.15) is 0 Å². The average Bonchev–Trinajstić information content (AvgIpc) is 2.46. The maximum atomic E-state index is 5.84. The zero-order valence-electron chi connectivity index (χ0n) is 12.5. The molecular weight excluding hydrogens is 250 g/mol. The van der Waals surface area contributed by atoms with E-state index in [9.17, 15) is 0 Å². The van der Waals surface area contributed by atoms with Gasteiger partial charge in [-0.05, 0) is 30.5 Å². The van der Waals surface area contributed by atoms with Crippen molar-refractivity contribution in [3.8, 4) is 0 Å². The maximum absolute atomic E-state index is 5.84. The third-order valence-corrected chi connectivity index (χ3v) is 3.30. The first-order chi connectivity index (χ1) is 9.55. The molecule has 0 saturated carbocycles. The van der Waals surface area contributed by atoms with E-state index in [0.717, 1.165) is 30.5 Å². The van der Waals surface area contributed by atoms with E-state index in [1.165, 1.54) is 0 Å². The summed E-state index contributed by atoms with van der Waals surface area (Å²) in [5.41, 5.74) is 7.57. The Morgan fingerprint density at radius 2 is 1.85 bits per heavy atom. The topological polar surface area (TPSA) is 67.9 Å². The van der Waals surface area contributed by atoms with Crippen molar-refractivity contribution in [1.82, 2.24) is 15.2 Å². The molecule has 1 heterocycles. The van der Waals surface area contributed by atoms with Crippen molar-refractivity contribution in [2.75, 3.05) is 24.5 Å². The van der Waals surface area contributed by atoms with Crippen LogP contribution in [0, 0.1) is 5.41 Å². The lowest BCUT2D eigenvalue weighted by molar-refractivity contribution is 0.375. The fraction of sp³-hybridized carbons (Fsp3) is 0.533. The molecule has 0 atom stereocenters. The van der Waals surface area contributed by atoms with Gasteiger partial charge in [-0.15, -0.1) is 10.2 Å². The van der Waals surface area contributed by atoms with Crippen molar-refractivity contribution in [1.29, 1.82) is 0 Å². The number of anilines is 1. The fourth-order valence-electron chi connectivity index (χ4n) is 2.11. The largest absolute Gasteiger partial charge is 0.339 e. The number of fused-ring (bicyclic) bond motifs is 1. The number of nitrogens with two attached hydrogens (primary N) is 1. The van der Waals surface area contributed by atoms with Crippen LogP contribution >= 0.6 is 0 Å². The molecule has 1 aromatic carbocycles. The van der Waals surface area contributed by atoms with E-state index in [4.69, 9.17) is 5.73 Å². The molecule has 20 heavy (non-hydrogen) atoms. The molecule has 5 heteroatoms. The Kier molecular flexibility index (Phi) is 4.49. The Hall–Kier alpha value is -1.75. The summed E-state index contributed by atoms with van der Waals surface area (Å²) in [6.07, 6.45) is 1.04. The predicted octanol–water partition coefficient (Wildman–Crippen LogP) is 2.23. The summed E-state index contributed by atoms with van der Waals surface area (Å²) in [4.78, 5) is 6.80. The second-order valence-corrected chi connectivity index (χ2v) is 5.89. The summed E-state index contributed by atoms with van der Waals surface area (Å²) >= 11 is 0. The predicted molar refractivity (Wildman–Crippen MR) is 82.7 cm³/mol. The van der Waals surface area contributed by atoms with E-state index in [1.807, 2.05) is 24.3 Å². The summed E-state index contributed by atoms with van der Waals surface area (Å²) in [5, 5.41) is 8.52. The lowest BCUT2D eigenvalue weighted by atomic mass is 9.93. The van der Waals surface area contributed by atoms with Crippen LogP contribution in [0.5, 0.6) is 0 Å². The zero-order chi connectivity index (χ0) is 14.6. The van der Waals surface area contributed by atoms with Gasteiger partial charge >= 0.3 is 0 Å². The van der Waals surface area contributed by atoms with Crippen molar-refractivity contribution < 1.29 is 0 Å². The van der Waals surface area contributed by atoms with Crippen LogP contribution in [0.1, 0.15) is 27.2 Å². The first-order valence-corrected chi connectivity index (χ1v) is 7.10. The Bertz CT molecular complexity index is 567. The van der Waals surface area contributed by atoms with Gasteiger partial charge in [-0.3, -0.25) is 0 Å². The third-order valence-electron chi connectivity index (χ3n) is 3.30. The van der Waals surface area contributed by atoms with Gasteiger partial charge in [0.1, 0.15) is 5.52 Å². The van der Waals surface area contributed by atoms with E-state index >= 15 is 0 Å². The molecule has 0 aliphatic rings. The molecule has 0 saturated heterocycles. The molecule has 0 aliphatic carbocycles. The van der Waals surface area contributed by atoms with Gasteiger partial charge in [-0.25, -0.2) is 4.98 Å². The van der Waals surface area contributed by atoms with Gasteiger partial charge in [0, 0.05) is 13.1 Å². The molecule has 0 unspecified atom stereocenters. The van der Waals surface area contributed by atoms with Crippen LogP contribution in [0.4, 0.5) is 5.95 Å². The molecule has 0 spiro atoms. The summed E-state index contributed by atoms with van der Waals surface area (Å²) in [7, 11) is 0. The Labute approximate surface area is 120 Å². The number of benzene rings is 1. The number of para-hydroxylation sites is 1. The molecule has 1 aromatic heterocycles. The summed E-state index contributed by atoms with van der Waals surface area (Å²) in [6.45, 7) is 8.83. The minimum Gasteiger partial charge on any atom is -0.339 e. The first kappa shape index (κ1) is 14.7. The third kappa shape index (κ3) is 3.42. The van der Waals surface area contributed by atoms with Crippen molar-refractivity contribution in [2.45, 2.75) is 27.2 Å². The van der Waals surface area contributed by atoms with Crippen LogP contribution in [0.2, 0.25) is 0 Å². The van der Waals surface area contributed by atoms with Crippen LogP contribution in [-0.4, -0.2) is 34.8 Å². The SMILES string of the molecule is CCCN(CC(C)(C)CN)c1nnc2ccccc2n1.